The maximum absolute atomic E-state index is 11.0. The SMILES string of the molecule is COC(=O)C#Cc1nccnc1OCC1CCNCC1. The van der Waals surface area contributed by atoms with Crippen molar-refractivity contribution in [1.82, 2.24) is 15.3 Å². The quantitative estimate of drug-likeness (QED) is 0.635. The summed E-state index contributed by atoms with van der Waals surface area (Å²) >= 11 is 0. The van der Waals surface area contributed by atoms with E-state index in [1.165, 1.54) is 13.3 Å². The molecule has 6 nitrogen and oxygen atoms in total. The van der Waals surface area contributed by atoms with Crippen molar-refractivity contribution in [1.29, 1.82) is 0 Å². The minimum Gasteiger partial charge on any atom is -0.475 e. The van der Waals surface area contributed by atoms with Crippen LogP contribution in [0.4, 0.5) is 0 Å². The first-order chi connectivity index (χ1) is 9.79. The first-order valence-corrected chi connectivity index (χ1v) is 6.54. The Morgan fingerprint density at radius 3 is 2.90 bits per heavy atom. The van der Waals surface area contributed by atoms with Crippen LogP contribution >= 0.6 is 0 Å². The van der Waals surface area contributed by atoms with Gasteiger partial charge in [-0.05, 0) is 37.8 Å². The lowest BCUT2D eigenvalue weighted by molar-refractivity contribution is -0.133. The molecule has 0 spiro atoms. The fraction of sp³-hybridized carbons (Fsp3) is 0.500. The monoisotopic (exact) mass is 275 g/mol. The highest BCUT2D eigenvalue weighted by atomic mass is 16.5. The van der Waals surface area contributed by atoms with E-state index in [9.17, 15) is 4.79 Å². The number of hydrogen-bond donors (Lipinski definition) is 1. The second-order valence-corrected chi connectivity index (χ2v) is 4.46. The van der Waals surface area contributed by atoms with Gasteiger partial charge in [-0.3, -0.25) is 0 Å². The topological polar surface area (TPSA) is 73.3 Å². The highest BCUT2D eigenvalue weighted by Gasteiger charge is 2.15. The summed E-state index contributed by atoms with van der Waals surface area (Å²) < 4.78 is 10.1. The van der Waals surface area contributed by atoms with Crippen molar-refractivity contribution in [2.45, 2.75) is 12.8 Å². The Morgan fingerprint density at radius 2 is 2.15 bits per heavy atom. The Labute approximate surface area is 117 Å². The van der Waals surface area contributed by atoms with Crippen LogP contribution in [0.25, 0.3) is 0 Å². The molecule has 0 bridgehead atoms. The number of rotatable bonds is 3. The standard InChI is InChI=1S/C14H17N3O3/c1-19-13(18)3-2-12-14(17-9-8-16-12)20-10-11-4-6-15-7-5-11/h8-9,11,15H,4-7,10H2,1H3. The molecule has 0 saturated carbocycles. The number of carbonyl (C=O) groups is 1. The van der Waals surface area contributed by atoms with E-state index in [-0.39, 0.29) is 0 Å². The van der Waals surface area contributed by atoms with E-state index in [0.29, 0.717) is 24.1 Å². The first-order valence-electron chi connectivity index (χ1n) is 6.54. The Bertz CT molecular complexity index is 516. The number of carbonyl (C=O) groups excluding carboxylic acids is 1. The third-order valence-electron chi connectivity index (χ3n) is 3.05. The fourth-order valence-corrected chi connectivity index (χ4v) is 1.92. The van der Waals surface area contributed by atoms with Gasteiger partial charge in [-0.15, -0.1) is 0 Å². The summed E-state index contributed by atoms with van der Waals surface area (Å²) in [7, 11) is 1.28. The van der Waals surface area contributed by atoms with Crippen LogP contribution in [0.15, 0.2) is 12.4 Å². The van der Waals surface area contributed by atoms with Gasteiger partial charge >= 0.3 is 5.97 Å². The van der Waals surface area contributed by atoms with Crippen molar-refractivity contribution in [3.8, 4) is 17.7 Å². The van der Waals surface area contributed by atoms with Gasteiger partial charge in [-0.1, -0.05) is 0 Å². The molecule has 2 heterocycles. The largest absolute Gasteiger partial charge is 0.475 e. The number of hydrogen-bond acceptors (Lipinski definition) is 6. The molecule has 0 atom stereocenters. The lowest BCUT2D eigenvalue weighted by atomic mass is 9.99. The number of esters is 1. The molecule has 2 rings (SSSR count). The van der Waals surface area contributed by atoms with E-state index in [1.807, 2.05) is 0 Å². The number of ether oxygens (including phenoxy) is 2. The average Bonchev–Trinajstić information content (AvgIpc) is 2.52. The summed E-state index contributed by atoms with van der Waals surface area (Å²) in [5.41, 5.74) is 0.354. The van der Waals surface area contributed by atoms with Crippen molar-refractivity contribution in [3.05, 3.63) is 18.1 Å². The molecule has 0 aromatic carbocycles. The zero-order valence-corrected chi connectivity index (χ0v) is 11.4. The van der Waals surface area contributed by atoms with Crippen LogP contribution in [0.5, 0.6) is 5.88 Å². The van der Waals surface area contributed by atoms with Gasteiger partial charge in [0, 0.05) is 18.3 Å². The predicted octanol–water partition coefficient (Wildman–Crippen LogP) is 0.379. The molecule has 1 aromatic heterocycles. The van der Waals surface area contributed by atoms with Gasteiger partial charge in [0.05, 0.1) is 13.7 Å². The van der Waals surface area contributed by atoms with Gasteiger partial charge in [-0.2, -0.15) is 0 Å². The smallest absolute Gasteiger partial charge is 0.384 e. The van der Waals surface area contributed by atoms with E-state index in [1.54, 1.807) is 6.20 Å². The zero-order valence-electron chi connectivity index (χ0n) is 11.4. The minimum atomic E-state index is -0.611. The molecular formula is C14H17N3O3. The Morgan fingerprint density at radius 1 is 1.40 bits per heavy atom. The van der Waals surface area contributed by atoms with E-state index < -0.39 is 5.97 Å². The zero-order chi connectivity index (χ0) is 14.2. The normalized spacial score (nSPS) is 15.1. The summed E-state index contributed by atoms with van der Waals surface area (Å²) in [6, 6.07) is 0. The van der Waals surface area contributed by atoms with Gasteiger partial charge in [-0.25, -0.2) is 14.8 Å². The van der Waals surface area contributed by atoms with Crippen LogP contribution in [0.1, 0.15) is 18.5 Å². The van der Waals surface area contributed by atoms with Crippen LogP contribution in [-0.2, 0) is 9.53 Å². The molecule has 1 N–H and O–H groups in total. The third-order valence-corrected chi connectivity index (χ3v) is 3.05. The highest BCUT2D eigenvalue weighted by Crippen LogP contribution is 2.16. The van der Waals surface area contributed by atoms with Gasteiger partial charge in [0.15, 0.2) is 5.69 Å². The molecule has 0 amide bonds. The lowest BCUT2D eigenvalue weighted by Gasteiger charge is -2.22. The molecule has 1 fully saturated rings. The summed E-state index contributed by atoms with van der Waals surface area (Å²) in [4.78, 5) is 19.2. The van der Waals surface area contributed by atoms with Crippen LogP contribution in [0.3, 0.4) is 0 Å². The van der Waals surface area contributed by atoms with E-state index in [0.717, 1.165) is 25.9 Å². The van der Waals surface area contributed by atoms with Crippen molar-refractivity contribution in [3.63, 3.8) is 0 Å². The molecule has 0 aliphatic carbocycles. The van der Waals surface area contributed by atoms with Crippen molar-refractivity contribution in [2.24, 2.45) is 5.92 Å². The van der Waals surface area contributed by atoms with Gasteiger partial charge in [0.1, 0.15) is 0 Å². The third kappa shape index (κ3) is 4.21. The molecule has 6 heteroatoms. The maximum Gasteiger partial charge on any atom is 0.384 e. The predicted molar refractivity (Wildman–Crippen MR) is 72.0 cm³/mol. The molecule has 20 heavy (non-hydrogen) atoms. The Hall–Kier alpha value is -2.13. The van der Waals surface area contributed by atoms with Gasteiger partial charge in [0.2, 0.25) is 5.88 Å². The first kappa shape index (κ1) is 14.3. The van der Waals surface area contributed by atoms with Gasteiger partial charge in [0.25, 0.3) is 0 Å². The number of methoxy groups -OCH3 is 1. The molecule has 1 aliphatic rings. The van der Waals surface area contributed by atoms with Gasteiger partial charge < -0.3 is 14.8 Å². The fourth-order valence-electron chi connectivity index (χ4n) is 1.92. The number of aromatic nitrogens is 2. The average molecular weight is 275 g/mol. The second kappa shape index (κ2) is 7.46. The van der Waals surface area contributed by atoms with Crippen LogP contribution < -0.4 is 10.1 Å². The molecule has 1 aliphatic heterocycles. The summed E-state index contributed by atoms with van der Waals surface area (Å²) in [5, 5.41) is 3.31. The second-order valence-electron chi connectivity index (χ2n) is 4.46. The Balaban J connectivity index is 1.99. The van der Waals surface area contributed by atoms with Crippen molar-refractivity contribution in [2.75, 3.05) is 26.8 Å². The molecule has 0 unspecified atom stereocenters. The highest BCUT2D eigenvalue weighted by molar-refractivity contribution is 5.88. The molecule has 106 valence electrons. The lowest BCUT2D eigenvalue weighted by Crippen LogP contribution is -2.30. The number of piperidine rings is 1. The van der Waals surface area contributed by atoms with E-state index in [4.69, 9.17) is 4.74 Å². The summed E-state index contributed by atoms with van der Waals surface area (Å²) in [6.07, 6.45) is 5.23. The minimum absolute atomic E-state index is 0.354. The van der Waals surface area contributed by atoms with Crippen LogP contribution in [-0.4, -0.2) is 42.7 Å². The van der Waals surface area contributed by atoms with Crippen LogP contribution in [0, 0.1) is 17.8 Å². The van der Waals surface area contributed by atoms with Crippen molar-refractivity contribution >= 4 is 5.97 Å². The van der Waals surface area contributed by atoms with E-state index >= 15 is 0 Å². The molecule has 1 saturated heterocycles. The van der Waals surface area contributed by atoms with Crippen molar-refractivity contribution < 1.29 is 14.3 Å². The van der Waals surface area contributed by atoms with E-state index in [2.05, 4.69) is 31.9 Å². The Kier molecular flexibility index (Phi) is 5.33. The number of nitrogens with zero attached hydrogens (tertiary/aromatic N) is 2. The molecule has 1 aromatic rings. The van der Waals surface area contributed by atoms with Crippen LogP contribution in [0.2, 0.25) is 0 Å². The number of nitrogens with one attached hydrogen (secondary N) is 1. The molecule has 0 radical (unpaired) electrons. The molecular weight excluding hydrogens is 258 g/mol. The maximum atomic E-state index is 11.0. The summed E-state index contributed by atoms with van der Waals surface area (Å²) in [6.45, 7) is 2.63. The summed E-state index contributed by atoms with van der Waals surface area (Å²) in [5.74, 6) is 5.21.